The van der Waals surface area contributed by atoms with Crippen molar-refractivity contribution in [1.29, 1.82) is 0 Å². The van der Waals surface area contributed by atoms with E-state index in [0.717, 1.165) is 5.56 Å². The second kappa shape index (κ2) is 11.2. The molecule has 0 aliphatic carbocycles. The highest BCUT2D eigenvalue weighted by Crippen LogP contribution is 2.43. The maximum Gasteiger partial charge on any atom is 0.300 e. The second-order valence-corrected chi connectivity index (χ2v) is 8.51. The third-order valence-electron chi connectivity index (χ3n) is 6.11. The van der Waals surface area contributed by atoms with Gasteiger partial charge in [0.1, 0.15) is 23.0 Å². The molecule has 0 saturated carbocycles. The number of nitrogens with zero attached hydrogens (tertiary/aromatic N) is 1. The lowest BCUT2D eigenvalue weighted by Crippen LogP contribution is -2.29. The molecule has 4 rings (SSSR count). The number of anilines is 1. The van der Waals surface area contributed by atoms with Gasteiger partial charge in [-0.05, 0) is 81.3 Å². The summed E-state index contributed by atoms with van der Waals surface area (Å²) in [4.78, 5) is 28.3. The Bertz CT molecular complexity index is 1330. The summed E-state index contributed by atoms with van der Waals surface area (Å²) in [6, 6.07) is 18.5. The lowest BCUT2D eigenvalue weighted by atomic mass is 9.94. The van der Waals surface area contributed by atoms with Gasteiger partial charge in [0, 0.05) is 17.3 Å². The van der Waals surface area contributed by atoms with E-state index in [1.165, 1.54) is 4.90 Å². The van der Waals surface area contributed by atoms with Crippen LogP contribution in [0, 0.1) is 6.92 Å². The molecule has 3 aromatic rings. The molecule has 7 nitrogen and oxygen atoms in total. The Morgan fingerprint density at radius 3 is 2.16 bits per heavy atom. The summed E-state index contributed by atoms with van der Waals surface area (Å²) in [6.45, 7) is 9.01. The van der Waals surface area contributed by atoms with Crippen LogP contribution in [0.4, 0.5) is 5.69 Å². The monoisotopic (exact) mass is 501 g/mol. The van der Waals surface area contributed by atoms with Gasteiger partial charge in [-0.2, -0.15) is 0 Å². The molecule has 1 unspecified atom stereocenters. The third kappa shape index (κ3) is 5.16. The van der Waals surface area contributed by atoms with Crippen LogP contribution in [0.3, 0.4) is 0 Å². The first-order valence-corrected chi connectivity index (χ1v) is 12.4. The van der Waals surface area contributed by atoms with Crippen molar-refractivity contribution in [2.45, 2.75) is 33.7 Å². The van der Waals surface area contributed by atoms with E-state index in [1.54, 1.807) is 66.7 Å². The molecule has 0 spiro atoms. The SMILES string of the molecule is CCOc1ccc(C2/C(=C(\O)c3ccc(OCC)c(C)c3)C(=O)C(=O)N2c2cccc(OCC)c2)cc1. The van der Waals surface area contributed by atoms with E-state index >= 15 is 0 Å². The van der Waals surface area contributed by atoms with Gasteiger partial charge < -0.3 is 19.3 Å². The van der Waals surface area contributed by atoms with Crippen LogP contribution in [-0.2, 0) is 9.59 Å². The minimum absolute atomic E-state index is 0.0135. The molecule has 1 saturated heterocycles. The van der Waals surface area contributed by atoms with E-state index in [0.29, 0.717) is 53.9 Å². The zero-order chi connectivity index (χ0) is 26.5. The average molecular weight is 502 g/mol. The van der Waals surface area contributed by atoms with Gasteiger partial charge in [-0.1, -0.05) is 18.2 Å². The first-order chi connectivity index (χ1) is 17.9. The molecule has 1 aliphatic heterocycles. The highest BCUT2D eigenvalue weighted by molar-refractivity contribution is 6.51. The van der Waals surface area contributed by atoms with E-state index in [9.17, 15) is 14.7 Å². The van der Waals surface area contributed by atoms with Crippen molar-refractivity contribution in [1.82, 2.24) is 0 Å². The predicted octanol–water partition coefficient (Wildman–Crippen LogP) is 5.82. The summed E-state index contributed by atoms with van der Waals surface area (Å²) in [5.41, 5.74) is 2.40. The molecule has 7 heteroatoms. The first kappa shape index (κ1) is 25.8. The minimum atomic E-state index is -0.848. The molecule has 1 N–H and O–H groups in total. The molecular weight excluding hydrogens is 470 g/mol. The van der Waals surface area contributed by atoms with Crippen molar-refractivity contribution in [2.75, 3.05) is 24.7 Å². The number of hydrogen-bond donors (Lipinski definition) is 1. The summed E-state index contributed by atoms with van der Waals surface area (Å²) >= 11 is 0. The second-order valence-electron chi connectivity index (χ2n) is 8.51. The van der Waals surface area contributed by atoms with E-state index in [-0.39, 0.29) is 11.3 Å². The van der Waals surface area contributed by atoms with Crippen LogP contribution >= 0.6 is 0 Å². The number of carbonyl (C=O) groups is 2. The van der Waals surface area contributed by atoms with Gasteiger partial charge in [-0.15, -0.1) is 0 Å². The molecule has 1 aliphatic rings. The number of carbonyl (C=O) groups excluding carboxylic acids is 2. The highest BCUT2D eigenvalue weighted by Gasteiger charge is 2.47. The summed E-state index contributed by atoms with van der Waals surface area (Å²) < 4.78 is 16.8. The number of aliphatic hydroxyl groups is 1. The van der Waals surface area contributed by atoms with Crippen LogP contribution < -0.4 is 19.1 Å². The maximum atomic E-state index is 13.4. The zero-order valence-corrected chi connectivity index (χ0v) is 21.5. The van der Waals surface area contributed by atoms with Crippen molar-refractivity contribution >= 4 is 23.1 Å². The fourth-order valence-electron chi connectivity index (χ4n) is 4.49. The normalized spacial score (nSPS) is 16.6. The lowest BCUT2D eigenvalue weighted by Gasteiger charge is -2.26. The maximum absolute atomic E-state index is 13.4. The fourth-order valence-corrected chi connectivity index (χ4v) is 4.49. The number of ketones is 1. The number of aliphatic hydroxyl groups excluding tert-OH is 1. The molecule has 1 atom stereocenters. The summed E-state index contributed by atoms with van der Waals surface area (Å²) in [5.74, 6) is 0.210. The molecule has 0 aromatic heterocycles. The molecule has 1 heterocycles. The van der Waals surface area contributed by atoms with Gasteiger partial charge in [0.05, 0.1) is 31.4 Å². The Kier molecular flexibility index (Phi) is 7.82. The molecule has 192 valence electrons. The van der Waals surface area contributed by atoms with Crippen molar-refractivity contribution in [3.8, 4) is 17.2 Å². The standard InChI is InChI=1S/C30H31NO6/c1-5-35-23-14-11-20(12-15-23)27-26(28(32)21-13-16-25(37-7-3)19(4)17-21)29(33)30(34)31(27)22-9-8-10-24(18-22)36-6-2/h8-18,27,32H,5-7H2,1-4H3/b28-26+. The molecule has 0 radical (unpaired) electrons. The molecular formula is C30H31NO6. The molecule has 3 aromatic carbocycles. The molecule has 0 bridgehead atoms. The third-order valence-corrected chi connectivity index (χ3v) is 6.11. The smallest absolute Gasteiger partial charge is 0.300 e. The number of benzene rings is 3. The molecule has 37 heavy (non-hydrogen) atoms. The quantitative estimate of drug-likeness (QED) is 0.226. The fraction of sp³-hybridized carbons (Fsp3) is 0.267. The first-order valence-electron chi connectivity index (χ1n) is 12.4. The van der Waals surface area contributed by atoms with Gasteiger partial charge in [-0.25, -0.2) is 0 Å². The number of aryl methyl sites for hydroxylation is 1. The van der Waals surface area contributed by atoms with Crippen LogP contribution in [-0.4, -0.2) is 36.6 Å². The number of Topliss-reactive ketones (excluding diaryl/α,β-unsaturated/α-hetero) is 1. The van der Waals surface area contributed by atoms with Gasteiger partial charge in [-0.3, -0.25) is 14.5 Å². The van der Waals surface area contributed by atoms with Crippen molar-refractivity contribution < 1.29 is 28.9 Å². The van der Waals surface area contributed by atoms with E-state index in [1.807, 2.05) is 27.7 Å². The number of amides is 1. The predicted molar refractivity (Wildman–Crippen MR) is 142 cm³/mol. The zero-order valence-electron chi connectivity index (χ0n) is 21.5. The number of rotatable bonds is 9. The van der Waals surface area contributed by atoms with Crippen LogP contribution in [0.25, 0.3) is 5.76 Å². The lowest BCUT2D eigenvalue weighted by molar-refractivity contribution is -0.132. The van der Waals surface area contributed by atoms with Gasteiger partial charge in [0.2, 0.25) is 0 Å². The molecule has 1 amide bonds. The van der Waals surface area contributed by atoms with Gasteiger partial charge in [0.25, 0.3) is 11.7 Å². The van der Waals surface area contributed by atoms with E-state index in [4.69, 9.17) is 14.2 Å². The molecule has 1 fully saturated rings. The average Bonchev–Trinajstić information content (AvgIpc) is 3.16. The Labute approximate surface area is 216 Å². The Balaban J connectivity index is 1.88. The largest absolute Gasteiger partial charge is 0.507 e. The minimum Gasteiger partial charge on any atom is -0.507 e. The topological polar surface area (TPSA) is 85.3 Å². The van der Waals surface area contributed by atoms with Crippen LogP contribution in [0.2, 0.25) is 0 Å². The van der Waals surface area contributed by atoms with Crippen LogP contribution in [0.5, 0.6) is 17.2 Å². The highest BCUT2D eigenvalue weighted by atomic mass is 16.5. The van der Waals surface area contributed by atoms with E-state index in [2.05, 4.69) is 0 Å². The van der Waals surface area contributed by atoms with E-state index < -0.39 is 17.7 Å². The van der Waals surface area contributed by atoms with Gasteiger partial charge in [0.15, 0.2) is 0 Å². The summed E-state index contributed by atoms with van der Waals surface area (Å²) in [6.07, 6.45) is 0. The Morgan fingerprint density at radius 1 is 0.838 bits per heavy atom. The number of ether oxygens (including phenoxy) is 3. The Hall–Kier alpha value is -4.26. The Morgan fingerprint density at radius 2 is 1.51 bits per heavy atom. The van der Waals surface area contributed by atoms with Crippen LogP contribution in [0.1, 0.15) is 43.5 Å². The van der Waals surface area contributed by atoms with Crippen molar-refractivity contribution in [2.24, 2.45) is 0 Å². The van der Waals surface area contributed by atoms with Crippen LogP contribution in [0.15, 0.2) is 72.3 Å². The van der Waals surface area contributed by atoms with Crippen molar-refractivity contribution in [3.63, 3.8) is 0 Å². The van der Waals surface area contributed by atoms with Crippen molar-refractivity contribution in [3.05, 3.63) is 89.0 Å². The number of hydrogen-bond acceptors (Lipinski definition) is 6. The van der Waals surface area contributed by atoms with Gasteiger partial charge >= 0.3 is 0 Å². The summed E-state index contributed by atoms with van der Waals surface area (Å²) in [7, 11) is 0. The summed E-state index contributed by atoms with van der Waals surface area (Å²) in [5, 5.41) is 11.4.